The van der Waals surface area contributed by atoms with E-state index in [1.165, 1.54) is 16.7 Å². The Bertz CT molecular complexity index is 1110. The molecule has 4 nitrogen and oxygen atoms in total. The molecule has 0 spiro atoms. The van der Waals surface area contributed by atoms with Crippen molar-refractivity contribution in [2.24, 2.45) is 0 Å². The summed E-state index contributed by atoms with van der Waals surface area (Å²) in [7, 11) is -4.20. The van der Waals surface area contributed by atoms with Gasteiger partial charge < -0.3 is 4.55 Å². The first-order valence-corrected chi connectivity index (χ1v) is 10.3. The number of benzene rings is 2. The van der Waals surface area contributed by atoms with Gasteiger partial charge in [0, 0.05) is 29.9 Å². The number of rotatable bonds is 5. The maximum Gasteiger partial charge on any atom is 0.213 e. The normalized spacial score (nSPS) is 11.8. The number of pyridine rings is 1. The maximum absolute atomic E-state index is 11.0. The second kappa shape index (κ2) is 7.17. The highest BCUT2D eigenvalue weighted by molar-refractivity contribution is 7.85. The molecule has 0 saturated carbocycles. The van der Waals surface area contributed by atoms with Crippen LogP contribution < -0.4 is 4.57 Å². The fourth-order valence-corrected chi connectivity index (χ4v) is 3.88. The largest absolute Gasteiger partial charge is 0.748 e. The number of nitrogens with zero attached hydrogens (tertiary/aromatic N) is 1. The van der Waals surface area contributed by atoms with Crippen molar-refractivity contribution in [3.05, 3.63) is 59.2 Å². The molecule has 0 aliphatic rings. The molecule has 1 aromatic heterocycles. The zero-order valence-electron chi connectivity index (χ0n) is 15.3. The van der Waals surface area contributed by atoms with Gasteiger partial charge in [-0.15, -0.1) is 0 Å². The first-order chi connectivity index (χ1) is 12.3. The van der Waals surface area contributed by atoms with E-state index in [0.717, 1.165) is 21.8 Å². The van der Waals surface area contributed by atoms with E-state index < -0.39 is 10.1 Å². The van der Waals surface area contributed by atoms with Crippen LogP contribution in [0.2, 0.25) is 0 Å². The first kappa shape index (κ1) is 18.5. The summed E-state index contributed by atoms with van der Waals surface area (Å²) in [6, 6.07) is 14.4. The van der Waals surface area contributed by atoms with E-state index in [-0.39, 0.29) is 5.75 Å². The number of allylic oxidation sites excluding steroid dienone is 1. The van der Waals surface area contributed by atoms with Crippen molar-refractivity contribution >= 4 is 38.0 Å². The Morgan fingerprint density at radius 2 is 1.77 bits per heavy atom. The van der Waals surface area contributed by atoms with Gasteiger partial charge >= 0.3 is 0 Å². The van der Waals surface area contributed by atoms with E-state index in [9.17, 15) is 13.0 Å². The SMILES string of the molecule is CC(C)=Cc1c2ccccc2[n+](CCCS(=O)(=O)[O-])c2ccc(C)cc12. The fourth-order valence-electron chi connectivity index (χ4n) is 3.40. The molecule has 0 saturated heterocycles. The molecule has 0 fully saturated rings. The molecule has 0 unspecified atom stereocenters. The lowest BCUT2D eigenvalue weighted by molar-refractivity contribution is -0.645. The zero-order chi connectivity index (χ0) is 18.9. The summed E-state index contributed by atoms with van der Waals surface area (Å²) in [5, 5.41) is 2.26. The summed E-state index contributed by atoms with van der Waals surface area (Å²) in [6.45, 7) is 6.71. The molecule has 0 amide bonds. The molecule has 0 radical (unpaired) electrons. The Hall–Kier alpha value is -2.24. The predicted octanol–water partition coefficient (Wildman–Crippen LogP) is 3.95. The highest BCUT2D eigenvalue weighted by atomic mass is 32.2. The van der Waals surface area contributed by atoms with Gasteiger partial charge in [0.15, 0.2) is 6.54 Å². The second-order valence-electron chi connectivity index (χ2n) is 6.94. The van der Waals surface area contributed by atoms with Crippen molar-refractivity contribution in [2.45, 2.75) is 33.7 Å². The highest BCUT2D eigenvalue weighted by Crippen LogP contribution is 2.28. The number of aryl methyl sites for hydroxylation is 2. The quantitative estimate of drug-likeness (QED) is 0.389. The minimum Gasteiger partial charge on any atom is -0.748 e. The smallest absolute Gasteiger partial charge is 0.213 e. The van der Waals surface area contributed by atoms with Crippen LogP contribution in [0, 0.1) is 6.92 Å². The van der Waals surface area contributed by atoms with Gasteiger partial charge in [-0.05, 0) is 32.9 Å². The van der Waals surface area contributed by atoms with Gasteiger partial charge in [-0.1, -0.05) is 35.4 Å². The molecular weight excluding hydrogens is 346 g/mol. The molecule has 26 heavy (non-hydrogen) atoms. The molecule has 0 atom stereocenters. The molecule has 0 aliphatic heterocycles. The molecule has 1 heterocycles. The third-order valence-corrected chi connectivity index (χ3v) is 5.22. The molecule has 5 heteroatoms. The van der Waals surface area contributed by atoms with Crippen LogP contribution in [0.25, 0.3) is 27.9 Å². The zero-order valence-corrected chi connectivity index (χ0v) is 16.1. The van der Waals surface area contributed by atoms with Crippen LogP contribution >= 0.6 is 0 Å². The minimum atomic E-state index is -4.20. The molecule has 3 rings (SSSR count). The Labute approximate surface area is 154 Å². The molecule has 3 aromatic rings. The molecule has 0 bridgehead atoms. The van der Waals surface area contributed by atoms with Crippen LogP contribution in [-0.4, -0.2) is 18.7 Å². The topological polar surface area (TPSA) is 61.1 Å². The lowest BCUT2D eigenvalue weighted by atomic mass is 9.98. The first-order valence-electron chi connectivity index (χ1n) is 8.69. The van der Waals surface area contributed by atoms with Gasteiger partial charge in [0.25, 0.3) is 0 Å². The van der Waals surface area contributed by atoms with Gasteiger partial charge in [0.05, 0.1) is 20.9 Å². The minimum absolute atomic E-state index is 0.297. The van der Waals surface area contributed by atoms with E-state index in [4.69, 9.17) is 0 Å². The van der Waals surface area contributed by atoms with Crippen LogP contribution in [0.5, 0.6) is 0 Å². The Morgan fingerprint density at radius 3 is 2.46 bits per heavy atom. The second-order valence-corrected chi connectivity index (χ2v) is 8.46. The third kappa shape index (κ3) is 3.94. The van der Waals surface area contributed by atoms with Gasteiger partial charge in [-0.25, -0.2) is 8.42 Å². The fraction of sp³-hybridized carbons (Fsp3) is 0.286. The number of para-hydroxylation sites is 1. The van der Waals surface area contributed by atoms with Gasteiger partial charge in [0.1, 0.15) is 0 Å². The van der Waals surface area contributed by atoms with Crippen LogP contribution in [0.15, 0.2) is 48.0 Å². The van der Waals surface area contributed by atoms with E-state index in [2.05, 4.69) is 55.7 Å². The van der Waals surface area contributed by atoms with Gasteiger partial charge in [0.2, 0.25) is 11.0 Å². The predicted molar refractivity (Wildman–Crippen MR) is 105 cm³/mol. The summed E-state index contributed by atoms with van der Waals surface area (Å²) in [4.78, 5) is 0. The molecule has 0 N–H and O–H groups in total. The summed E-state index contributed by atoms with van der Waals surface area (Å²) in [6.07, 6.45) is 2.49. The molecule has 2 aromatic carbocycles. The standard InChI is InChI=1S/C21H23NO3S/c1-15(2)13-18-17-7-4-5-8-20(17)22(11-6-12-26(23,24)25)21-10-9-16(3)14-19(18)21/h4-5,7-10,13-14H,6,11-12H2,1-3H3. The number of hydrogen-bond acceptors (Lipinski definition) is 3. The lowest BCUT2D eigenvalue weighted by Gasteiger charge is -2.12. The van der Waals surface area contributed by atoms with Crippen molar-refractivity contribution in [2.75, 3.05) is 5.75 Å². The van der Waals surface area contributed by atoms with Crippen molar-refractivity contribution in [3.63, 3.8) is 0 Å². The summed E-state index contributed by atoms with van der Waals surface area (Å²) in [5.74, 6) is -0.350. The Kier molecular flexibility index (Phi) is 5.12. The summed E-state index contributed by atoms with van der Waals surface area (Å²) < 4.78 is 35.1. The number of fused-ring (bicyclic) bond motifs is 2. The summed E-state index contributed by atoms with van der Waals surface area (Å²) >= 11 is 0. The molecular formula is C21H23NO3S. The average Bonchev–Trinajstić information content (AvgIpc) is 2.56. The average molecular weight is 369 g/mol. The summed E-state index contributed by atoms with van der Waals surface area (Å²) in [5.41, 5.74) is 5.65. The number of hydrogen-bond donors (Lipinski definition) is 0. The Balaban J connectivity index is 2.30. The van der Waals surface area contributed by atoms with Crippen molar-refractivity contribution in [1.29, 1.82) is 0 Å². The van der Waals surface area contributed by atoms with Gasteiger partial charge in [-0.2, -0.15) is 4.57 Å². The highest BCUT2D eigenvalue weighted by Gasteiger charge is 2.19. The monoisotopic (exact) mass is 369 g/mol. The van der Waals surface area contributed by atoms with Crippen LogP contribution in [0.3, 0.4) is 0 Å². The van der Waals surface area contributed by atoms with Gasteiger partial charge in [-0.3, -0.25) is 0 Å². The lowest BCUT2D eigenvalue weighted by Crippen LogP contribution is -2.37. The van der Waals surface area contributed by atoms with Crippen molar-refractivity contribution < 1.29 is 17.5 Å². The van der Waals surface area contributed by atoms with E-state index in [0.29, 0.717) is 13.0 Å². The van der Waals surface area contributed by atoms with Crippen molar-refractivity contribution in [1.82, 2.24) is 0 Å². The van der Waals surface area contributed by atoms with Crippen LogP contribution in [0.1, 0.15) is 31.4 Å². The van der Waals surface area contributed by atoms with Crippen LogP contribution in [-0.2, 0) is 16.7 Å². The number of aromatic nitrogens is 1. The maximum atomic E-state index is 11.0. The molecule has 136 valence electrons. The van der Waals surface area contributed by atoms with E-state index >= 15 is 0 Å². The van der Waals surface area contributed by atoms with E-state index in [1.54, 1.807) is 0 Å². The van der Waals surface area contributed by atoms with Crippen molar-refractivity contribution in [3.8, 4) is 0 Å². The van der Waals surface area contributed by atoms with E-state index in [1.807, 2.05) is 18.2 Å². The van der Waals surface area contributed by atoms with Crippen LogP contribution in [0.4, 0.5) is 0 Å². The Morgan fingerprint density at radius 1 is 1.08 bits per heavy atom. The third-order valence-electron chi connectivity index (χ3n) is 4.43. The molecule has 0 aliphatic carbocycles.